The lowest BCUT2D eigenvalue weighted by Crippen LogP contribution is -2.50. The summed E-state index contributed by atoms with van der Waals surface area (Å²) in [7, 11) is 0. The Kier molecular flexibility index (Phi) is 4.61. The molecule has 2 aliphatic rings. The molecule has 2 aliphatic heterocycles. The lowest BCUT2D eigenvalue weighted by atomic mass is 10.1. The predicted octanol–water partition coefficient (Wildman–Crippen LogP) is 3.81. The fourth-order valence-electron chi connectivity index (χ4n) is 3.45. The lowest BCUT2D eigenvalue weighted by molar-refractivity contribution is -0.132. The second-order valence-electron chi connectivity index (χ2n) is 6.62. The van der Waals surface area contributed by atoms with E-state index in [1.807, 2.05) is 54.3 Å². The number of amidine groups is 1. The van der Waals surface area contributed by atoms with E-state index < -0.39 is 0 Å². The van der Waals surface area contributed by atoms with E-state index in [0.717, 1.165) is 61.2 Å². The molecule has 0 atom stereocenters. The highest BCUT2D eigenvalue weighted by Gasteiger charge is 2.26. The summed E-state index contributed by atoms with van der Waals surface area (Å²) < 4.78 is 6.11. The molecule has 0 unspecified atom stereocenters. The van der Waals surface area contributed by atoms with Gasteiger partial charge in [-0.2, -0.15) is 0 Å². The number of hydrogen-bond acceptors (Lipinski definition) is 4. The third-order valence-electron chi connectivity index (χ3n) is 4.84. The fraction of sp³-hybridized carbons (Fsp3) is 0.333. The lowest BCUT2D eigenvalue weighted by Gasteiger charge is -2.36. The van der Waals surface area contributed by atoms with Gasteiger partial charge in [0.1, 0.15) is 17.3 Å². The van der Waals surface area contributed by atoms with Crippen LogP contribution in [0.25, 0.3) is 0 Å². The van der Waals surface area contributed by atoms with Gasteiger partial charge in [0.2, 0.25) is 5.91 Å². The van der Waals surface area contributed by atoms with Gasteiger partial charge in [-0.1, -0.05) is 31.2 Å². The summed E-state index contributed by atoms with van der Waals surface area (Å²) in [5.74, 6) is 2.77. The third-order valence-corrected chi connectivity index (χ3v) is 4.84. The van der Waals surface area contributed by atoms with Gasteiger partial charge in [0, 0.05) is 32.6 Å². The molecule has 4 rings (SSSR count). The number of nitrogens with zero attached hydrogens (tertiary/aromatic N) is 3. The van der Waals surface area contributed by atoms with Crippen molar-refractivity contribution in [1.82, 2.24) is 9.80 Å². The quantitative estimate of drug-likeness (QED) is 0.828. The molecule has 0 bridgehead atoms. The van der Waals surface area contributed by atoms with E-state index in [4.69, 9.17) is 9.73 Å². The van der Waals surface area contributed by atoms with Crippen molar-refractivity contribution in [2.75, 3.05) is 26.2 Å². The van der Waals surface area contributed by atoms with Crippen molar-refractivity contribution in [2.24, 2.45) is 4.99 Å². The van der Waals surface area contributed by atoms with E-state index in [0.29, 0.717) is 6.42 Å². The molecule has 0 saturated carbocycles. The normalized spacial score (nSPS) is 16.1. The summed E-state index contributed by atoms with van der Waals surface area (Å²) >= 11 is 0. The van der Waals surface area contributed by atoms with E-state index in [1.165, 1.54) is 0 Å². The molecule has 0 aliphatic carbocycles. The topological polar surface area (TPSA) is 45.1 Å². The first-order valence-corrected chi connectivity index (χ1v) is 9.24. The summed E-state index contributed by atoms with van der Waals surface area (Å²) in [6, 6.07) is 15.9. The van der Waals surface area contributed by atoms with Gasteiger partial charge in [-0.25, -0.2) is 4.99 Å². The number of hydrogen-bond donors (Lipinski definition) is 0. The molecule has 2 aromatic carbocycles. The average Bonchev–Trinajstić information content (AvgIpc) is 2.85. The molecule has 5 nitrogen and oxygen atoms in total. The minimum atomic E-state index is 0.254. The van der Waals surface area contributed by atoms with Crippen molar-refractivity contribution in [1.29, 1.82) is 0 Å². The van der Waals surface area contributed by atoms with Crippen molar-refractivity contribution in [3.8, 4) is 11.5 Å². The molecule has 0 radical (unpaired) electrons. The second-order valence-corrected chi connectivity index (χ2v) is 6.62. The number of ether oxygens (including phenoxy) is 1. The van der Waals surface area contributed by atoms with Crippen molar-refractivity contribution < 1.29 is 9.53 Å². The van der Waals surface area contributed by atoms with Gasteiger partial charge in [-0.05, 0) is 30.7 Å². The van der Waals surface area contributed by atoms with Gasteiger partial charge < -0.3 is 14.5 Å². The minimum absolute atomic E-state index is 0.254. The van der Waals surface area contributed by atoms with Gasteiger partial charge in [-0.3, -0.25) is 4.79 Å². The number of benzene rings is 2. The SMILES string of the molecule is CCCC(=O)N1CCN(C2=Nc3ccccc3Oc3ccccc32)CC1. The molecule has 0 aromatic heterocycles. The zero-order valence-electron chi connectivity index (χ0n) is 15.0. The van der Waals surface area contributed by atoms with Crippen LogP contribution in [0.4, 0.5) is 5.69 Å². The molecule has 26 heavy (non-hydrogen) atoms. The van der Waals surface area contributed by atoms with E-state index >= 15 is 0 Å². The smallest absolute Gasteiger partial charge is 0.222 e. The number of fused-ring (bicyclic) bond motifs is 2. The van der Waals surface area contributed by atoms with Gasteiger partial charge in [0.05, 0.1) is 5.56 Å². The Morgan fingerprint density at radius 2 is 1.69 bits per heavy atom. The summed E-state index contributed by atoms with van der Waals surface area (Å²) in [5, 5.41) is 0. The highest BCUT2D eigenvalue weighted by atomic mass is 16.5. The highest BCUT2D eigenvalue weighted by molar-refractivity contribution is 6.03. The molecular formula is C21H23N3O2. The molecule has 0 spiro atoms. The molecule has 0 N–H and O–H groups in total. The third kappa shape index (κ3) is 3.17. The maximum atomic E-state index is 12.2. The molecule has 134 valence electrons. The number of amides is 1. The molecule has 1 fully saturated rings. The number of rotatable bonds is 2. The van der Waals surface area contributed by atoms with Gasteiger partial charge in [0.25, 0.3) is 0 Å². The monoisotopic (exact) mass is 349 g/mol. The highest BCUT2D eigenvalue weighted by Crippen LogP contribution is 2.37. The van der Waals surface area contributed by atoms with Crippen LogP contribution in [0.3, 0.4) is 0 Å². The Morgan fingerprint density at radius 3 is 2.46 bits per heavy atom. The van der Waals surface area contributed by atoms with Crippen LogP contribution < -0.4 is 4.74 Å². The van der Waals surface area contributed by atoms with Crippen LogP contribution in [0, 0.1) is 0 Å². The van der Waals surface area contributed by atoms with Crippen molar-refractivity contribution >= 4 is 17.4 Å². The van der Waals surface area contributed by atoms with E-state index in [2.05, 4.69) is 11.0 Å². The van der Waals surface area contributed by atoms with Crippen LogP contribution in [-0.4, -0.2) is 47.7 Å². The molecular weight excluding hydrogens is 326 g/mol. The molecule has 1 amide bonds. The molecule has 5 heteroatoms. The average molecular weight is 349 g/mol. The van der Waals surface area contributed by atoms with Crippen LogP contribution in [-0.2, 0) is 4.79 Å². The fourth-order valence-corrected chi connectivity index (χ4v) is 3.45. The van der Waals surface area contributed by atoms with Gasteiger partial charge >= 0.3 is 0 Å². The maximum absolute atomic E-state index is 12.2. The predicted molar refractivity (Wildman–Crippen MR) is 102 cm³/mol. The minimum Gasteiger partial charge on any atom is -0.454 e. The second kappa shape index (κ2) is 7.20. The van der Waals surface area contributed by atoms with Crippen LogP contribution >= 0.6 is 0 Å². The Hall–Kier alpha value is -2.82. The van der Waals surface area contributed by atoms with Crippen LogP contribution in [0.1, 0.15) is 25.3 Å². The van der Waals surface area contributed by atoms with E-state index in [9.17, 15) is 4.79 Å². The van der Waals surface area contributed by atoms with Gasteiger partial charge in [-0.15, -0.1) is 0 Å². The summed E-state index contributed by atoms with van der Waals surface area (Å²) in [5.41, 5.74) is 1.83. The first kappa shape index (κ1) is 16.6. The summed E-state index contributed by atoms with van der Waals surface area (Å²) in [4.78, 5) is 21.3. The van der Waals surface area contributed by atoms with E-state index in [1.54, 1.807) is 0 Å². The largest absolute Gasteiger partial charge is 0.454 e. The first-order chi connectivity index (χ1) is 12.8. The molecule has 2 heterocycles. The zero-order valence-corrected chi connectivity index (χ0v) is 15.0. The Bertz CT molecular complexity index is 839. The van der Waals surface area contributed by atoms with Crippen molar-refractivity contribution in [3.63, 3.8) is 0 Å². The molecule has 1 saturated heterocycles. The van der Waals surface area contributed by atoms with E-state index in [-0.39, 0.29) is 5.91 Å². The molecule has 2 aromatic rings. The van der Waals surface area contributed by atoms with Gasteiger partial charge in [0.15, 0.2) is 5.75 Å². The number of para-hydroxylation sites is 3. The maximum Gasteiger partial charge on any atom is 0.222 e. The van der Waals surface area contributed by atoms with Crippen LogP contribution in [0.5, 0.6) is 11.5 Å². The Morgan fingerprint density at radius 1 is 1.00 bits per heavy atom. The zero-order chi connectivity index (χ0) is 17.9. The Balaban J connectivity index is 1.63. The summed E-state index contributed by atoms with van der Waals surface area (Å²) in [6.45, 7) is 5.09. The first-order valence-electron chi connectivity index (χ1n) is 9.24. The number of piperazine rings is 1. The number of carbonyl (C=O) groups excluding carboxylic acids is 1. The van der Waals surface area contributed by atoms with Crippen molar-refractivity contribution in [3.05, 3.63) is 54.1 Å². The summed E-state index contributed by atoms with van der Waals surface area (Å²) in [6.07, 6.45) is 1.53. The number of aliphatic imine (C=N–C) groups is 1. The van der Waals surface area contributed by atoms with Crippen LogP contribution in [0.15, 0.2) is 53.5 Å². The van der Waals surface area contributed by atoms with Crippen molar-refractivity contribution in [2.45, 2.75) is 19.8 Å². The Labute approximate surface area is 153 Å². The standard InChI is InChI=1S/C21H23N3O2/c1-2-7-20(25)23-12-14-24(15-13-23)21-16-8-3-5-10-18(16)26-19-11-6-4-9-17(19)22-21/h3-6,8-11H,2,7,12-15H2,1H3. The number of carbonyl (C=O) groups is 1. The van der Waals surface area contributed by atoms with Crippen LogP contribution in [0.2, 0.25) is 0 Å².